The number of amides is 1. The number of carbonyl (C=O) groups is 1. The van der Waals surface area contributed by atoms with E-state index in [1.54, 1.807) is 11.6 Å². The predicted octanol–water partition coefficient (Wildman–Crippen LogP) is 1.80. The number of fused-ring (bicyclic) bond motifs is 1. The van der Waals surface area contributed by atoms with Gasteiger partial charge in [0.05, 0.1) is 28.4 Å². The van der Waals surface area contributed by atoms with Gasteiger partial charge in [0.2, 0.25) is 0 Å². The second-order valence-electron chi connectivity index (χ2n) is 3.80. The fourth-order valence-electron chi connectivity index (χ4n) is 1.54. The molecule has 0 aliphatic carbocycles. The summed E-state index contributed by atoms with van der Waals surface area (Å²) in [6, 6.07) is 5.23. The zero-order valence-corrected chi connectivity index (χ0v) is 10.3. The van der Waals surface area contributed by atoms with E-state index in [9.17, 15) is 4.79 Å². The Morgan fingerprint density at radius 1 is 1.59 bits per heavy atom. The minimum Gasteiger partial charge on any atom is -0.394 e. The molecule has 90 valence electrons. The Kier molecular flexibility index (Phi) is 3.71. The molecule has 1 aromatic carbocycles. The first kappa shape index (κ1) is 12.0. The molecule has 0 aliphatic heterocycles. The van der Waals surface area contributed by atoms with Gasteiger partial charge < -0.3 is 10.4 Å². The van der Waals surface area contributed by atoms with Crippen molar-refractivity contribution < 1.29 is 9.90 Å². The van der Waals surface area contributed by atoms with Crippen LogP contribution in [0.2, 0.25) is 0 Å². The SMILES string of the molecule is CC[C@@H](CO)NC(=O)c1ccc2ncsc2c1. The molecular formula is C12H14N2O2S. The van der Waals surface area contributed by atoms with E-state index in [-0.39, 0.29) is 18.6 Å². The summed E-state index contributed by atoms with van der Waals surface area (Å²) in [7, 11) is 0. The first-order valence-corrected chi connectivity index (χ1v) is 6.37. The Morgan fingerprint density at radius 2 is 2.41 bits per heavy atom. The largest absolute Gasteiger partial charge is 0.394 e. The Bertz CT molecular complexity index is 520. The molecule has 1 heterocycles. The zero-order valence-electron chi connectivity index (χ0n) is 9.51. The van der Waals surface area contributed by atoms with Crippen molar-refractivity contribution in [3.05, 3.63) is 29.3 Å². The third-order valence-corrected chi connectivity index (χ3v) is 3.43. The molecule has 0 bridgehead atoms. The third kappa shape index (κ3) is 2.62. The van der Waals surface area contributed by atoms with Crippen molar-refractivity contribution >= 4 is 27.5 Å². The number of nitrogens with zero attached hydrogens (tertiary/aromatic N) is 1. The number of benzene rings is 1. The van der Waals surface area contributed by atoms with Gasteiger partial charge in [-0.3, -0.25) is 4.79 Å². The minimum absolute atomic E-state index is 0.0367. The molecule has 1 aromatic heterocycles. The van der Waals surface area contributed by atoms with Crippen molar-refractivity contribution in [3.63, 3.8) is 0 Å². The van der Waals surface area contributed by atoms with Gasteiger partial charge in [-0.15, -0.1) is 11.3 Å². The standard InChI is InChI=1S/C12H14N2O2S/c1-2-9(6-15)14-12(16)8-3-4-10-11(5-8)17-7-13-10/h3-5,7,9,15H,2,6H2,1H3,(H,14,16)/t9-/m0/s1. The maximum atomic E-state index is 11.9. The van der Waals surface area contributed by atoms with Crippen LogP contribution in [-0.2, 0) is 0 Å². The molecule has 0 saturated carbocycles. The second-order valence-corrected chi connectivity index (χ2v) is 4.68. The van der Waals surface area contributed by atoms with E-state index in [2.05, 4.69) is 10.3 Å². The number of hydrogen-bond acceptors (Lipinski definition) is 4. The summed E-state index contributed by atoms with van der Waals surface area (Å²) in [5, 5.41) is 11.8. The topological polar surface area (TPSA) is 62.2 Å². The molecule has 2 N–H and O–H groups in total. The van der Waals surface area contributed by atoms with Crippen LogP contribution in [0.4, 0.5) is 0 Å². The maximum Gasteiger partial charge on any atom is 0.251 e. The van der Waals surface area contributed by atoms with Gasteiger partial charge >= 0.3 is 0 Å². The number of aliphatic hydroxyl groups is 1. The van der Waals surface area contributed by atoms with Crippen molar-refractivity contribution in [1.82, 2.24) is 10.3 Å². The van der Waals surface area contributed by atoms with E-state index in [0.29, 0.717) is 12.0 Å². The molecule has 0 fully saturated rings. The maximum absolute atomic E-state index is 11.9. The van der Waals surface area contributed by atoms with E-state index in [1.165, 1.54) is 11.3 Å². The smallest absolute Gasteiger partial charge is 0.251 e. The van der Waals surface area contributed by atoms with E-state index >= 15 is 0 Å². The average molecular weight is 250 g/mol. The summed E-state index contributed by atoms with van der Waals surface area (Å²) < 4.78 is 0.995. The summed E-state index contributed by atoms with van der Waals surface area (Å²) in [5.74, 6) is -0.152. The Balaban J connectivity index is 2.18. The lowest BCUT2D eigenvalue weighted by atomic mass is 10.1. The first-order valence-electron chi connectivity index (χ1n) is 5.49. The van der Waals surface area contributed by atoms with Gasteiger partial charge in [-0.1, -0.05) is 6.92 Å². The van der Waals surface area contributed by atoms with Gasteiger partial charge in [0.25, 0.3) is 5.91 Å². The van der Waals surface area contributed by atoms with Crippen LogP contribution in [0.25, 0.3) is 10.2 Å². The fraction of sp³-hybridized carbons (Fsp3) is 0.333. The van der Waals surface area contributed by atoms with Crippen LogP contribution in [0.15, 0.2) is 23.7 Å². The van der Waals surface area contributed by atoms with Gasteiger partial charge in [0, 0.05) is 5.56 Å². The Labute approximate surface area is 103 Å². The lowest BCUT2D eigenvalue weighted by molar-refractivity contribution is 0.0915. The molecule has 0 aliphatic rings. The van der Waals surface area contributed by atoms with Crippen LogP contribution in [0.5, 0.6) is 0 Å². The molecule has 0 spiro atoms. The molecule has 0 saturated heterocycles. The zero-order chi connectivity index (χ0) is 12.3. The fourth-order valence-corrected chi connectivity index (χ4v) is 2.26. The molecule has 4 nitrogen and oxygen atoms in total. The second kappa shape index (κ2) is 5.25. The highest BCUT2D eigenvalue weighted by molar-refractivity contribution is 7.16. The van der Waals surface area contributed by atoms with Crippen molar-refractivity contribution in [2.75, 3.05) is 6.61 Å². The van der Waals surface area contributed by atoms with E-state index in [1.807, 2.05) is 19.1 Å². The highest BCUT2D eigenvalue weighted by Crippen LogP contribution is 2.19. The summed E-state index contributed by atoms with van der Waals surface area (Å²) in [6.07, 6.45) is 0.713. The Morgan fingerprint density at radius 3 is 3.12 bits per heavy atom. The lowest BCUT2D eigenvalue weighted by Crippen LogP contribution is -2.36. The van der Waals surface area contributed by atoms with Crippen LogP contribution in [0.3, 0.4) is 0 Å². The molecule has 1 amide bonds. The molecule has 5 heteroatoms. The van der Waals surface area contributed by atoms with Crippen LogP contribution in [0.1, 0.15) is 23.7 Å². The van der Waals surface area contributed by atoms with Crippen LogP contribution >= 0.6 is 11.3 Å². The summed E-state index contributed by atoms with van der Waals surface area (Å²) in [5.41, 5.74) is 3.27. The van der Waals surface area contributed by atoms with E-state index in [4.69, 9.17) is 5.11 Å². The lowest BCUT2D eigenvalue weighted by Gasteiger charge is -2.13. The number of hydrogen-bond donors (Lipinski definition) is 2. The summed E-state index contributed by atoms with van der Waals surface area (Å²) in [4.78, 5) is 16.1. The van der Waals surface area contributed by atoms with Crippen LogP contribution in [0, 0.1) is 0 Å². The van der Waals surface area contributed by atoms with Gasteiger partial charge in [0.15, 0.2) is 0 Å². The molecule has 0 radical (unpaired) electrons. The minimum atomic E-state index is -0.181. The van der Waals surface area contributed by atoms with E-state index < -0.39 is 0 Å². The van der Waals surface area contributed by atoms with Gasteiger partial charge in [-0.2, -0.15) is 0 Å². The number of carbonyl (C=O) groups excluding carboxylic acids is 1. The molecule has 1 atom stereocenters. The molecule has 2 rings (SSSR count). The monoisotopic (exact) mass is 250 g/mol. The number of aliphatic hydroxyl groups excluding tert-OH is 1. The number of aromatic nitrogens is 1. The third-order valence-electron chi connectivity index (χ3n) is 2.64. The van der Waals surface area contributed by atoms with Gasteiger partial charge in [0.1, 0.15) is 0 Å². The normalized spacial score (nSPS) is 12.6. The quantitative estimate of drug-likeness (QED) is 0.869. The Hall–Kier alpha value is -1.46. The number of thiazole rings is 1. The average Bonchev–Trinajstić information content (AvgIpc) is 2.82. The van der Waals surface area contributed by atoms with E-state index in [0.717, 1.165) is 10.2 Å². The highest BCUT2D eigenvalue weighted by atomic mass is 32.1. The van der Waals surface area contributed by atoms with Gasteiger partial charge in [-0.05, 0) is 24.6 Å². The van der Waals surface area contributed by atoms with Crippen LogP contribution in [-0.4, -0.2) is 28.6 Å². The van der Waals surface area contributed by atoms with Crippen molar-refractivity contribution in [2.24, 2.45) is 0 Å². The number of nitrogens with one attached hydrogen (secondary N) is 1. The van der Waals surface area contributed by atoms with Crippen LogP contribution < -0.4 is 5.32 Å². The molecule has 2 aromatic rings. The summed E-state index contributed by atoms with van der Waals surface area (Å²) in [6.45, 7) is 1.89. The highest BCUT2D eigenvalue weighted by Gasteiger charge is 2.11. The molecule has 0 unspecified atom stereocenters. The summed E-state index contributed by atoms with van der Waals surface area (Å²) >= 11 is 1.51. The molecule has 17 heavy (non-hydrogen) atoms. The predicted molar refractivity (Wildman–Crippen MR) is 68.3 cm³/mol. The molecular weight excluding hydrogens is 236 g/mol. The van der Waals surface area contributed by atoms with Crippen molar-refractivity contribution in [1.29, 1.82) is 0 Å². The first-order chi connectivity index (χ1) is 8.24. The van der Waals surface area contributed by atoms with Crippen molar-refractivity contribution in [2.45, 2.75) is 19.4 Å². The number of rotatable bonds is 4. The van der Waals surface area contributed by atoms with Crippen molar-refractivity contribution in [3.8, 4) is 0 Å². The van der Waals surface area contributed by atoms with Gasteiger partial charge in [-0.25, -0.2) is 4.98 Å².